The lowest BCUT2D eigenvalue weighted by Crippen LogP contribution is -2.02. The molecule has 0 amide bonds. The number of aryl methyl sites for hydroxylation is 1. The molecule has 0 bridgehead atoms. The first-order chi connectivity index (χ1) is 9.19. The standard InChI is InChI=1S/C13H13IN2O2S/c1-18-12(17)7-6-9-8-19-13(15-9)16-11-5-3-2-4-10(11)14/h2-5,8H,6-7H2,1H3,(H,15,16). The molecule has 1 N–H and O–H groups in total. The van der Waals surface area contributed by atoms with Crippen molar-refractivity contribution in [3.63, 3.8) is 0 Å². The fourth-order valence-corrected chi connectivity index (χ4v) is 2.77. The molecule has 0 radical (unpaired) electrons. The van der Waals surface area contributed by atoms with Gasteiger partial charge >= 0.3 is 5.97 Å². The smallest absolute Gasteiger partial charge is 0.305 e. The van der Waals surface area contributed by atoms with E-state index in [1.165, 1.54) is 18.4 Å². The van der Waals surface area contributed by atoms with Crippen molar-refractivity contribution >= 4 is 50.7 Å². The van der Waals surface area contributed by atoms with Gasteiger partial charge in [-0.25, -0.2) is 4.98 Å². The molecule has 100 valence electrons. The molecule has 0 aliphatic rings. The van der Waals surface area contributed by atoms with Crippen molar-refractivity contribution in [1.82, 2.24) is 4.98 Å². The lowest BCUT2D eigenvalue weighted by Gasteiger charge is -2.04. The molecule has 0 aliphatic carbocycles. The Bertz CT molecular complexity index is 571. The second-order valence-electron chi connectivity index (χ2n) is 3.82. The van der Waals surface area contributed by atoms with Crippen LogP contribution in [-0.2, 0) is 16.0 Å². The van der Waals surface area contributed by atoms with Gasteiger partial charge in [-0.15, -0.1) is 11.3 Å². The van der Waals surface area contributed by atoms with E-state index in [2.05, 4.69) is 37.6 Å². The zero-order valence-corrected chi connectivity index (χ0v) is 13.3. The molecule has 0 aliphatic heterocycles. The van der Waals surface area contributed by atoms with E-state index in [4.69, 9.17) is 0 Å². The summed E-state index contributed by atoms with van der Waals surface area (Å²) in [5.74, 6) is -0.208. The molecule has 0 saturated heterocycles. The van der Waals surface area contributed by atoms with Gasteiger partial charge in [0.2, 0.25) is 0 Å². The van der Waals surface area contributed by atoms with Gasteiger partial charge in [-0.2, -0.15) is 0 Å². The number of hydrogen-bond acceptors (Lipinski definition) is 5. The number of rotatable bonds is 5. The van der Waals surface area contributed by atoms with Crippen LogP contribution in [0.4, 0.5) is 10.8 Å². The number of carbonyl (C=O) groups excluding carboxylic acids is 1. The minimum Gasteiger partial charge on any atom is -0.469 e. The number of ether oxygens (including phenoxy) is 1. The normalized spacial score (nSPS) is 10.2. The van der Waals surface area contributed by atoms with Crippen LogP contribution in [0.25, 0.3) is 0 Å². The highest BCUT2D eigenvalue weighted by atomic mass is 127. The van der Waals surface area contributed by atoms with E-state index in [-0.39, 0.29) is 5.97 Å². The van der Waals surface area contributed by atoms with Crippen LogP contribution in [0, 0.1) is 3.57 Å². The third-order valence-electron chi connectivity index (χ3n) is 2.48. The van der Waals surface area contributed by atoms with Crippen LogP contribution in [0.3, 0.4) is 0 Å². The molecule has 1 aromatic heterocycles. The molecule has 0 atom stereocenters. The number of hydrogen-bond donors (Lipinski definition) is 1. The minimum atomic E-state index is -0.208. The topological polar surface area (TPSA) is 51.2 Å². The number of carbonyl (C=O) groups is 1. The summed E-state index contributed by atoms with van der Waals surface area (Å²) in [7, 11) is 1.40. The first kappa shape index (κ1) is 14.3. The highest BCUT2D eigenvalue weighted by molar-refractivity contribution is 14.1. The average molecular weight is 388 g/mol. The Morgan fingerprint density at radius 2 is 2.26 bits per heavy atom. The lowest BCUT2D eigenvalue weighted by molar-refractivity contribution is -0.140. The Morgan fingerprint density at radius 3 is 3.00 bits per heavy atom. The van der Waals surface area contributed by atoms with Gasteiger partial charge in [0.15, 0.2) is 5.13 Å². The van der Waals surface area contributed by atoms with E-state index >= 15 is 0 Å². The molecular weight excluding hydrogens is 375 g/mol. The molecule has 19 heavy (non-hydrogen) atoms. The molecule has 0 spiro atoms. The van der Waals surface area contributed by atoms with Crippen LogP contribution in [-0.4, -0.2) is 18.1 Å². The summed E-state index contributed by atoms with van der Waals surface area (Å²) in [5, 5.41) is 6.07. The van der Waals surface area contributed by atoms with Crippen LogP contribution in [0.1, 0.15) is 12.1 Å². The number of aromatic nitrogens is 1. The molecule has 4 nitrogen and oxygen atoms in total. The van der Waals surface area contributed by atoms with Gasteiger partial charge < -0.3 is 10.1 Å². The number of esters is 1. The summed E-state index contributed by atoms with van der Waals surface area (Å²) in [5.41, 5.74) is 1.95. The first-order valence-corrected chi connectivity index (χ1v) is 7.67. The summed E-state index contributed by atoms with van der Waals surface area (Å²) < 4.78 is 5.76. The maximum atomic E-state index is 11.1. The van der Waals surface area contributed by atoms with Crippen molar-refractivity contribution in [3.8, 4) is 0 Å². The number of nitrogens with one attached hydrogen (secondary N) is 1. The quantitative estimate of drug-likeness (QED) is 0.628. The van der Waals surface area contributed by atoms with Crippen LogP contribution < -0.4 is 5.32 Å². The van der Waals surface area contributed by atoms with Crippen LogP contribution in [0.15, 0.2) is 29.6 Å². The van der Waals surface area contributed by atoms with Gasteiger partial charge in [-0.3, -0.25) is 4.79 Å². The highest BCUT2D eigenvalue weighted by Crippen LogP contribution is 2.25. The SMILES string of the molecule is COC(=O)CCc1csc(Nc2ccccc2I)n1. The second-order valence-corrected chi connectivity index (χ2v) is 5.85. The Kier molecular flexibility index (Phi) is 5.15. The average Bonchev–Trinajstić information content (AvgIpc) is 2.86. The Balaban J connectivity index is 1.98. The van der Waals surface area contributed by atoms with Crippen LogP contribution >= 0.6 is 33.9 Å². The third kappa shape index (κ3) is 4.17. The van der Waals surface area contributed by atoms with Crippen LogP contribution in [0.2, 0.25) is 0 Å². The van der Waals surface area contributed by atoms with E-state index in [9.17, 15) is 4.79 Å². The van der Waals surface area contributed by atoms with Gasteiger partial charge in [-0.05, 0) is 34.7 Å². The number of benzene rings is 1. The van der Waals surface area contributed by atoms with Gasteiger partial charge in [0.1, 0.15) is 0 Å². The molecule has 2 rings (SSSR count). The van der Waals surface area contributed by atoms with E-state index in [0.29, 0.717) is 12.8 Å². The van der Waals surface area contributed by atoms with Gasteiger partial charge in [-0.1, -0.05) is 12.1 Å². The van der Waals surface area contributed by atoms with Crippen LogP contribution in [0.5, 0.6) is 0 Å². The van der Waals surface area contributed by atoms with Gasteiger partial charge in [0.25, 0.3) is 0 Å². The van der Waals surface area contributed by atoms with Crippen molar-refractivity contribution in [3.05, 3.63) is 38.9 Å². The van der Waals surface area contributed by atoms with E-state index in [1.807, 2.05) is 29.6 Å². The summed E-state index contributed by atoms with van der Waals surface area (Å²) in [4.78, 5) is 15.5. The van der Waals surface area contributed by atoms with Crippen molar-refractivity contribution in [1.29, 1.82) is 0 Å². The molecule has 6 heteroatoms. The Hall–Kier alpha value is -1.15. The Labute approximate surface area is 129 Å². The zero-order valence-electron chi connectivity index (χ0n) is 10.4. The number of thiazole rings is 1. The van der Waals surface area contributed by atoms with Crippen molar-refractivity contribution in [2.24, 2.45) is 0 Å². The molecule has 2 aromatic rings. The summed E-state index contributed by atoms with van der Waals surface area (Å²) in [6, 6.07) is 8.03. The predicted octanol–water partition coefficient (Wildman–Crippen LogP) is 3.60. The van der Waals surface area contributed by atoms with E-state index in [0.717, 1.165) is 20.1 Å². The molecule has 0 unspecified atom stereocenters. The number of anilines is 2. The van der Waals surface area contributed by atoms with E-state index in [1.54, 1.807) is 0 Å². The molecule has 1 heterocycles. The summed E-state index contributed by atoms with van der Waals surface area (Å²) in [6.07, 6.45) is 0.972. The lowest BCUT2D eigenvalue weighted by atomic mass is 10.2. The fraction of sp³-hybridized carbons (Fsp3) is 0.231. The van der Waals surface area contributed by atoms with Crippen molar-refractivity contribution in [2.75, 3.05) is 12.4 Å². The molecule has 1 aromatic carbocycles. The fourth-order valence-electron chi connectivity index (χ4n) is 1.49. The number of nitrogens with zero attached hydrogens (tertiary/aromatic N) is 1. The number of halogens is 1. The maximum Gasteiger partial charge on any atom is 0.305 e. The minimum absolute atomic E-state index is 0.208. The molecule has 0 fully saturated rings. The third-order valence-corrected chi connectivity index (χ3v) is 4.23. The van der Waals surface area contributed by atoms with Gasteiger partial charge in [0, 0.05) is 15.4 Å². The largest absolute Gasteiger partial charge is 0.469 e. The van der Waals surface area contributed by atoms with Crippen molar-refractivity contribution < 1.29 is 9.53 Å². The predicted molar refractivity (Wildman–Crippen MR) is 84.9 cm³/mol. The van der Waals surface area contributed by atoms with Crippen molar-refractivity contribution in [2.45, 2.75) is 12.8 Å². The summed E-state index contributed by atoms with van der Waals surface area (Å²) >= 11 is 3.81. The molecular formula is C13H13IN2O2S. The van der Waals surface area contributed by atoms with Gasteiger partial charge in [0.05, 0.1) is 24.9 Å². The first-order valence-electron chi connectivity index (χ1n) is 5.72. The summed E-state index contributed by atoms with van der Waals surface area (Å²) in [6.45, 7) is 0. The zero-order chi connectivity index (χ0) is 13.7. The second kappa shape index (κ2) is 6.85. The monoisotopic (exact) mass is 388 g/mol. The number of methoxy groups -OCH3 is 1. The molecule has 0 saturated carbocycles. The Morgan fingerprint density at radius 1 is 1.47 bits per heavy atom. The van der Waals surface area contributed by atoms with E-state index < -0.39 is 0 Å². The number of para-hydroxylation sites is 1. The maximum absolute atomic E-state index is 11.1. The highest BCUT2D eigenvalue weighted by Gasteiger charge is 2.07.